The van der Waals surface area contributed by atoms with Gasteiger partial charge in [0.25, 0.3) is 0 Å². The fourth-order valence-corrected chi connectivity index (χ4v) is 3.18. The van der Waals surface area contributed by atoms with E-state index in [1.807, 2.05) is 0 Å². The summed E-state index contributed by atoms with van der Waals surface area (Å²) in [4.78, 5) is 11.8. The van der Waals surface area contributed by atoms with E-state index in [9.17, 15) is 9.82 Å². The molecule has 1 N–H and O–H groups in total. The van der Waals surface area contributed by atoms with Crippen molar-refractivity contribution in [2.24, 2.45) is 0 Å². The molecule has 2 aliphatic rings. The molecule has 2 unspecified atom stereocenters. The van der Waals surface area contributed by atoms with Crippen LogP contribution in [0.5, 0.6) is 11.5 Å². The Balaban J connectivity index is 1.82. The predicted octanol–water partition coefficient (Wildman–Crippen LogP) is 1.31. The van der Waals surface area contributed by atoms with Gasteiger partial charge in [-0.25, -0.2) is 0 Å². The fourth-order valence-electron chi connectivity index (χ4n) is 3.18. The molecule has 0 aliphatic carbocycles. The van der Waals surface area contributed by atoms with Crippen LogP contribution in [0.4, 0.5) is 0 Å². The zero-order valence-electron chi connectivity index (χ0n) is 14.5. The Labute approximate surface area is 147 Å². The summed E-state index contributed by atoms with van der Waals surface area (Å²) in [6, 6.07) is 3.45. The van der Waals surface area contributed by atoms with Gasteiger partial charge in [0.1, 0.15) is 11.5 Å². The van der Waals surface area contributed by atoms with Crippen molar-refractivity contribution in [2.45, 2.75) is 45.0 Å². The number of fused-ring (bicyclic) bond motifs is 1. The molecule has 0 saturated carbocycles. The topological polar surface area (TPSA) is 83.5 Å². The van der Waals surface area contributed by atoms with Crippen molar-refractivity contribution in [3.05, 3.63) is 17.7 Å². The van der Waals surface area contributed by atoms with Crippen molar-refractivity contribution >= 4 is 18.6 Å². The van der Waals surface area contributed by atoms with Crippen LogP contribution in [0.1, 0.15) is 44.3 Å². The second-order valence-electron chi connectivity index (χ2n) is 6.03. The molecule has 7 nitrogen and oxygen atoms in total. The average molecular weight is 350 g/mol. The van der Waals surface area contributed by atoms with E-state index in [1.54, 1.807) is 19.1 Å². The molecule has 1 aromatic carbocycles. The maximum absolute atomic E-state index is 11.8. The van der Waals surface area contributed by atoms with E-state index < -0.39 is 13.2 Å². The van der Waals surface area contributed by atoms with E-state index >= 15 is 0 Å². The first-order valence-electron chi connectivity index (χ1n) is 8.61. The van der Waals surface area contributed by atoms with E-state index in [2.05, 4.69) is 0 Å². The van der Waals surface area contributed by atoms with Gasteiger partial charge in [-0.2, -0.15) is 0 Å². The number of benzene rings is 1. The van der Waals surface area contributed by atoms with Crippen LogP contribution in [0, 0.1) is 0 Å². The third-order valence-corrected chi connectivity index (χ3v) is 4.31. The molecule has 0 spiro atoms. The maximum atomic E-state index is 11.8. The van der Waals surface area contributed by atoms with Gasteiger partial charge in [0.05, 0.1) is 32.8 Å². The first-order valence-corrected chi connectivity index (χ1v) is 8.61. The Morgan fingerprint density at radius 1 is 1.40 bits per heavy atom. The maximum Gasteiger partial charge on any atom is 0.492 e. The van der Waals surface area contributed by atoms with Crippen molar-refractivity contribution in [3.63, 3.8) is 0 Å². The normalized spacial score (nSPS) is 22.4. The summed E-state index contributed by atoms with van der Waals surface area (Å²) in [6.45, 7) is 2.72. The molecule has 0 bridgehead atoms. The van der Waals surface area contributed by atoms with Crippen molar-refractivity contribution in [1.29, 1.82) is 0 Å². The smallest absolute Gasteiger partial charge is 0.492 e. The first kappa shape index (κ1) is 18.0. The first-order chi connectivity index (χ1) is 12.1. The standard InChI is InChI=1S/C17H23BO7/c1-3-22-15(19)10-14-17-12(18(20)25-14)8-11(9-13(17)21-2)24-16-6-4-5-7-23-16/h8-9,14,16,20H,3-7,10H2,1-2H3. The molecule has 0 radical (unpaired) electrons. The second kappa shape index (κ2) is 8.08. The van der Waals surface area contributed by atoms with Gasteiger partial charge in [-0.1, -0.05) is 0 Å². The van der Waals surface area contributed by atoms with E-state index in [4.69, 9.17) is 23.6 Å². The summed E-state index contributed by atoms with van der Waals surface area (Å²) in [5.74, 6) is 0.668. The minimum atomic E-state index is -1.14. The van der Waals surface area contributed by atoms with Crippen LogP contribution in [0.15, 0.2) is 12.1 Å². The minimum Gasteiger partial charge on any atom is -0.496 e. The zero-order chi connectivity index (χ0) is 17.8. The van der Waals surface area contributed by atoms with Crippen LogP contribution in [-0.2, 0) is 18.9 Å². The number of ether oxygens (including phenoxy) is 4. The Hall–Kier alpha value is -1.77. The summed E-state index contributed by atoms with van der Waals surface area (Å²) in [6.07, 6.45) is 2.02. The molecule has 136 valence electrons. The van der Waals surface area contributed by atoms with Crippen molar-refractivity contribution in [3.8, 4) is 11.5 Å². The number of esters is 1. The number of hydrogen-bond acceptors (Lipinski definition) is 7. The van der Waals surface area contributed by atoms with Crippen LogP contribution in [0.2, 0.25) is 0 Å². The van der Waals surface area contributed by atoms with Gasteiger partial charge in [-0.3, -0.25) is 4.79 Å². The highest BCUT2D eigenvalue weighted by molar-refractivity contribution is 6.62. The van der Waals surface area contributed by atoms with E-state index in [-0.39, 0.29) is 18.7 Å². The van der Waals surface area contributed by atoms with Crippen molar-refractivity contribution in [1.82, 2.24) is 0 Å². The van der Waals surface area contributed by atoms with Crippen molar-refractivity contribution < 1.29 is 33.4 Å². The third kappa shape index (κ3) is 4.08. The Kier molecular flexibility index (Phi) is 5.83. The van der Waals surface area contributed by atoms with Gasteiger partial charge >= 0.3 is 13.1 Å². The van der Waals surface area contributed by atoms with E-state index in [0.717, 1.165) is 19.3 Å². The lowest BCUT2D eigenvalue weighted by atomic mass is 9.78. The Morgan fingerprint density at radius 2 is 2.24 bits per heavy atom. The predicted molar refractivity (Wildman–Crippen MR) is 89.9 cm³/mol. The summed E-state index contributed by atoms with van der Waals surface area (Å²) >= 11 is 0. The molecule has 3 rings (SSSR count). The second-order valence-corrected chi connectivity index (χ2v) is 6.03. The molecule has 1 aromatic rings. The number of carbonyl (C=O) groups excluding carboxylic acids is 1. The molecule has 1 fully saturated rings. The van der Waals surface area contributed by atoms with Crippen LogP contribution >= 0.6 is 0 Å². The minimum absolute atomic E-state index is 0.0141. The van der Waals surface area contributed by atoms with Gasteiger partial charge in [0.15, 0.2) is 6.29 Å². The Morgan fingerprint density at radius 3 is 2.92 bits per heavy atom. The fraction of sp³-hybridized carbons (Fsp3) is 0.588. The molecule has 0 aromatic heterocycles. The third-order valence-electron chi connectivity index (χ3n) is 4.31. The average Bonchev–Trinajstić information content (AvgIpc) is 2.91. The molecule has 1 saturated heterocycles. The molecular formula is C17H23BO7. The molecule has 2 heterocycles. The van der Waals surface area contributed by atoms with E-state index in [1.165, 1.54) is 7.11 Å². The highest BCUT2D eigenvalue weighted by Crippen LogP contribution is 2.37. The van der Waals surface area contributed by atoms with Gasteiger partial charge < -0.3 is 28.6 Å². The van der Waals surface area contributed by atoms with Gasteiger partial charge in [0, 0.05) is 18.1 Å². The van der Waals surface area contributed by atoms with Gasteiger partial charge in [-0.15, -0.1) is 0 Å². The van der Waals surface area contributed by atoms with Crippen LogP contribution in [0.25, 0.3) is 0 Å². The SMILES string of the molecule is CCOC(=O)CC1OB(O)c2cc(OC3CCCCO3)cc(OC)c21. The molecule has 2 atom stereocenters. The zero-order valence-corrected chi connectivity index (χ0v) is 14.5. The van der Waals surface area contributed by atoms with Gasteiger partial charge in [0.2, 0.25) is 0 Å². The molecule has 2 aliphatic heterocycles. The monoisotopic (exact) mass is 350 g/mol. The van der Waals surface area contributed by atoms with Crippen LogP contribution in [0.3, 0.4) is 0 Å². The number of carbonyl (C=O) groups is 1. The van der Waals surface area contributed by atoms with Crippen molar-refractivity contribution in [2.75, 3.05) is 20.3 Å². The molecule has 0 amide bonds. The lowest BCUT2D eigenvalue weighted by Gasteiger charge is -2.24. The van der Waals surface area contributed by atoms with E-state index in [0.29, 0.717) is 35.7 Å². The lowest BCUT2D eigenvalue weighted by molar-refractivity contribution is -0.145. The number of hydrogen-bond donors (Lipinski definition) is 1. The summed E-state index contributed by atoms with van der Waals surface area (Å²) < 4.78 is 27.4. The summed E-state index contributed by atoms with van der Waals surface area (Å²) in [7, 11) is 0.391. The van der Waals surface area contributed by atoms with Crippen LogP contribution < -0.4 is 14.9 Å². The highest BCUT2D eigenvalue weighted by atomic mass is 16.7. The van der Waals surface area contributed by atoms with Crippen LogP contribution in [-0.4, -0.2) is 44.7 Å². The molecule has 8 heteroatoms. The number of methoxy groups -OCH3 is 1. The number of rotatable bonds is 6. The quantitative estimate of drug-likeness (QED) is 0.612. The largest absolute Gasteiger partial charge is 0.496 e. The summed E-state index contributed by atoms with van der Waals surface area (Å²) in [5.41, 5.74) is 1.19. The van der Waals surface area contributed by atoms with Gasteiger partial charge in [-0.05, 0) is 31.3 Å². The lowest BCUT2D eigenvalue weighted by Crippen LogP contribution is -2.29. The Bertz CT molecular complexity index is 615. The summed E-state index contributed by atoms with van der Waals surface area (Å²) in [5, 5.41) is 10.2. The molecular weight excluding hydrogens is 327 g/mol. The highest BCUT2D eigenvalue weighted by Gasteiger charge is 2.39. The molecule has 25 heavy (non-hydrogen) atoms.